The number of pyridine rings is 1. The molecule has 4 fully saturated rings. The maximum absolute atomic E-state index is 15.3. The molecule has 5 aromatic rings. The van der Waals surface area contributed by atoms with Gasteiger partial charge in [-0.1, -0.05) is 42.8 Å². The van der Waals surface area contributed by atoms with E-state index >= 15 is 4.39 Å². The fraction of sp³-hybridized carbons (Fsp3) is 0.442. The van der Waals surface area contributed by atoms with Crippen LogP contribution in [0.5, 0.6) is 0 Å². The third-order valence-corrected chi connectivity index (χ3v) is 14.9. The maximum atomic E-state index is 15.3. The van der Waals surface area contributed by atoms with E-state index in [1.165, 1.54) is 39.6 Å². The zero-order valence-corrected chi connectivity index (χ0v) is 36.8. The molecule has 1 aliphatic carbocycles. The van der Waals surface area contributed by atoms with Gasteiger partial charge >= 0.3 is 0 Å². The van der Waals surface area contributed by atoms with Gasteiger partial charge in [0.05, 0.1) is 11.7 Å². The number of piperidine rings is 4. The highest BCUT2D eigenvalue weighted by Gasteiger charge is 2.31. The Morgan fingerprint density at radius 1 is 0.844 bits per heavy atom. The highest BCUT2D eigenvalue weighted by molar-refractivity contribution is 6.01. The van der Waals surface area contributed by atoms with Gasteiger partial charge in [0.1, 0.15) is 11.9 Å². The highest BCUT2D eigenvalue weighted by Crippen LogP contribution is 2.37. The highest BCUT2D eigenvalue weighted by atomic mass is 19.1. The Kier molecular flexibility index (Phi) is 12.1. The molecule has 5 aliphatic rings. The first kappa shape index (κ1) is 42.2. The quantitative estimate of drug-likeness (QED) is 0.120. The number of aromatic amines is 1. The van der Waals surface area contributed by atoms with E-state index in [0.29, 0.717) is 29.9 Å². The van der Waals surface area contributed by atoms with Gasteiger partial charge in [0, 0.05) is 66.7 Å². The molecule has 12 heteroatoms. The number of nitrogens with zero attached hydrogens (tertiary/aromatic N) is 5. The van der Waals surface area contributed by atoms with E-state index in [0.717, 1.165) is 119 Å². The van der Waals surface area contributed by atoms with Crippen molar-refractivity contribution in [2.45, 2.75) is 82.6 Å². The van der Waals surface area contributed by atoms with Gasteiger partial charge in [-0.2, -0.15) is 5.10 Å². The van der Waals surface area contributed by atoms with Crippen LogP contribution in [-0.2, 0) is 16.0 Å². The molecule has 3 aromatic carbocycles. The summed E-state index contributed by atoms with van der Waals surface area (Å²) >= 11 is 0. The molecule has 0 spiro atoms. The molecule has 0 saturated carbocycles. The third-order valence-electron chi connectivity index (χ3n) is 14.9. The molecule has 64 heavy (non-hydrogen) atoms. The van der Waals surface area contributed by atoms with Crippen LogP contribution in [0.25, 0.3) is 28.1 Å². The summed E-state index contributed by atoms with van der Waals surface area (Å²) in [6.45, 7) is 9.89. The standard InChI is InChI=1S/C52H59FN8O3/c1-33-26-49-45(43(12-19-54-49)39-6-9-47-40(27-39)30-55-58-47)28-41(33)32-60-20-15-36(16-21-60)35-2-4-38(5-3-35)52(64)61-24-13-34(14-25-61)31-59-22-17-37(18-23-59)44-8-7-42(29-46(44)53)56-48-10-11-50(62)57-51(48)63/h2-9,12,19,27-30,33-34,36-37,48,56H,10-11,13-18,20-26,31-32H2,1H3,(H,55,58)(H,57,62,63). The number of aromatic nitrogens is 3. The van der Waals surface area contributed by atoms with Crippen molar-refractivity contribution in [3.63, 3.8) is 0 Å². The molecule has 11 nitrogen and oxygen atoms in total. The Morgan fingerprint density at radius 3 is 2.38 bits per heavy atom. The van der Waals surface area contributed by atoms with Crippen LogP contribution in [0.1, 0.15) is 103 Å². The van der Waals surface area contributed by atoms with Gasteiger partial charge in [-0.15, -0.1) is 0 Å². The second kappa shape index (κ2) is 18.4. The summed E-state index contributed by atoms with van der Waals surface area (Å²) in [5.41, 5.74) is 10.8. The number of fused-ring (bicyclic) bond motifs is 2. The lowest BCUT2D eigenvalue weighted by molar-refractivity contribution is -0.133. The molecule has 0 radical (unpaired) electrons. The monoisotopic (exact) mass is 862 g/mol. The normalized spacial score (nSPS) is 22.0. The van der Waals surface area contributed by atoms with E-state index in [1.807, 2.05) is 41.6 Å². The molecular weight excluding hydrogens is 804 g/mol. The van der Waals surface area contributed by atoms with Crippen molar-refractivity contribution in [1.82, 2.24) is 35.2 Å². The van der Waals surface area contributed by atoms with Gasteiger partial charge in [-0.25, -0.2) is 4.39 Å². The Balaban J connectivity index is 0.664. The van der Waals surface area contributed by atoms with E-state index in [-0.39, 0.29) is 35.9 Å². The first-order chi connectivity index (χ1) is 31.2. The lowest BCUT2D eigenvalue weighted by atomic mass is 9.83. The van der Waals surface area contributed by atoms with Crippen molar-refractivity contribution in [1.29, 1.82) is 0 Å². The number of amides is 3. The van der Waals surface area contributed by atoms with E-state index < -0.39 is 6.04 Å². The van der Waals surface area contributed by atoms with Gasteiger partial charge in [0.15, 0.2) is 0 Å². The van der Waals surface area contributed by atoms with Crippen LogP contribution in [0.3, 0.4) is 0 Å². The zero-order chi connectivity index (χ0) is 43.7. The van der Waals surface area contributed by atoms with E-state index in [1.54, 1.807) is 0 Å². The molecule has 4 aliphatic heterocycles. The first-order valence-corrected chi connectivity index (χ1v) is 23.6. The second-order valence-electron chi connectivity index (χ2n) is 19.1. The molecule has 6 heterocycles. The fourth-order valence-corrected chi connectivity index (χ4v) is 11.0. The Hall–Kier alpha value is -5.72. The number of imide groups is 1. The Labute approximate surface area is 374 Å². The topological polar surface area (TPSA) is 127 Å². The van der Waals surface area contributed by atoms with Crippen LogP contribution >= 0.6 is 0 Å². The fourth-order valence-electron chi connectivity index (χ4n) is 11.0. The summed E-state index contributed by atoms with van der Waals surface area (Å²) < 4.78 is 15.3. The van der Waals surface area contributed by atoms with Gasteiger partial charge in [-0.3, -0.25) is 34.7 Å². The molecule has 2 unspecified atom stereocenters. The van der Waals surface area contributed by atoms with Gasteiger partial charge < -0.3 is 15.1 Å². The van der Waals surface area contributed by atoms with Crippen molar-refractivity contribution >= 4 is 40.4 Å². The lowest BCUT2D eigenvalue weighted by Gasteiger charge is -2.38. The van der Waals surface area contributed by atoms with Crippen LogP contribution in [0.2, 0.25) is 0 Å². The number of halogens is 1. The number of likely N-dealkylation sites (tertiary alicyclic amines) is 3. The van der Waals surface area contributed by atoms with E-state index in [4.69, 9.17) is 4.98 Å². The van der Waals surface area contributed by atoms with Crippen molar-refractivity contribution in [2.24, 2.45) is 11.8 Å². The number of carbonyl (C=O) groups excluding carboxylic acids is 3. The molecule has 3 amide bonds. The minimum absolute atomic E-state index is 0.137. The average molecular weight is 863 g/mol. The number of hydrogen-bond acceptors (Lipinski definition) is 8. The predicted octanol–water partition coefficient (Wildman–Crippen LogP) is 8.17. The number of H-pyrrole nitrogens is 1. The van der Waals surface area contributed by atoms with Crippen LogP contribution in [0.4, 0.5) is 10.1 Å². The number of hydrogen-bond donors (Lipinski definition) is 3. The molecule has 4 saturated heterocycles. The van der Waals surface area contributed by atoms with Crippen molar-refractivity contribution < 1.29 is 18.8 Å². The second-order valence-corrected chi connectivity index (χ2v) is 19.1. The molecule has 0 bridgehead atoms. The van der Waals surface area contributed by atoms with Gasteiger partial charge in [0.2, 0.25) is 11.8 Å². The number of anilines is 1. The average Bonchev–Trinajstić information content (AvgIpc) is 3.79. The molecule has 332 valence electrons. The SMILES string of the molecule is CC1Cc2nccc(-c3ccc4[nH]ncc4c3)c2C=C1CN1CCC(c2ccc(C(=O)N3CCC(CN4CCC(c5ccc(NC6CCC(=O)NC6=O)cc5F)CC4)CC3)cc2)CC1. The molecule has 10 rings (SSSR count). The molecular formula is C52H59FN8O3. The van der Waals surface area contributed by atoms with Crippen LogP contribution < -0.4 is 10.6 Å². The zero-order valence-electron chi connectivity index (χ0n) is 36.8. The number of rotatable bonds is 10. The van der Waals surface area contributed by atoms with Crippen molar-refractivity contribution in [3.8, 4) is 11.1 Å². The molecule has 3 N–H and O–H groups in total. The maximum Gasteiger partial charge on any atom is 0.253 e. The first-order valence-electron chi connectivity index (χ1n) is 23.6. The van der Waals surface area contributed by atoms with Crippen LogP contribution in [0, 0.1) is 17.7 Å². The largest absolute Gasteiger partial charge is 0.374 e. The Bertz CT molecular complexity index is 2550. The molecule has 2 atom stereocenters. The summed E-state index contributed by atoms with van der Waals surface area (Å²) in [6, 6.07) is 21.8. The Morgan fingerprint density at radius 2 is 1.61 bits per heavy atom. The van der Waals surface area contributed by atoms with Gasteiger partial charge in [-0.05, 0) is 166 Å². The molecule has 2 aromatic heterocycles. The predicted molar refractivity (Wildman–Crippen MR) is 248 cm³/mol. The summed E-state index contributed by atoms with van der Waals surface area (Å²) in [7, 11) is 0. The number of carbonyl (C=O) groups is 3. The van der Waals surface area contributed by atoms with E-state index in [2.05, 4.69) is 80.0 Å². The van der Waals surface area contributed by atoms with Crippen molar-refractivity contribution in [3.05, 3.63) is 118 Å². The van der Waals surface area contributed by atoms with Crippen LogP contribution in [-0.4, -0.2) is 106 Å². The summed E-state index contributed by atoms with van der Waals surface area (Å²) in [5.74, 6) is 0.927. The minimum Gasteiger partial charge on any atom is -0.374 e. The summed E-state index contributed by atoms with van der Waals surface area (Å²) in [6.07, 6.45) is 13.9. The minimum atomic E-state index is -0.534. The number of benzene rings is 3. The van der Waals surface area contributed by atoms with Gasteiger partial charge in [0.25, 0.3) is 5.91 Å². The van der Waals surface area contributed by atoms with Crippen LogP contribution in [0.15, 0.2) is 84.7 Å². The van der Waals surface area contributed by atoms with E-state index in [9.17, 15) is 14.4 Å². The van der Waals surface area contributed by atoms with Crippen molar-refractivity contribution in [2.75, 3.05) is 57.7 Å². The lowest BCUT2D eigenvalue weighted by Crippen LogP contribution is -2.47. The summed E-state index contributed by atoms with van der Waals surface area (Å²) in [4.78, 5) is 49.2. The smallest absolute Gasteiger partial charge is 0.253 e. The summed E-state index contributed by atoms with van der Waals surface area (Å²) in [5, 5.41) is 13.8. The number of nitrogens with one attached hydrogen (secondary N) is 3. The third kappa shape index (κ3) is 9.13.